The lowest BCUT2D eigenvalue weighted by atomic mass is 9.89. The average molecular weight is 209 g/mol. The molecule has 0 aliphatic rings. The van der Waals surface area contributed by atoms with E-state index in [1.54, 1.807) is 0 Å². The van der Waals surface area contributed by atoms with Crippen LogP contribution >= 0.6 is 0 Å². The van der Waals surface area contributed by atoms with Gasteiger partial charge in [-0.15, -0.1) is 0 Å². The largest absolute Gasteiger partial charge is 0.324 e. The molecule has 3 nitrogen and oxygen atoms in total. The lowest BCUT2D eigenvalue weighted by Crippen LogP contribution is -2.21. The summed E-state index contributed by atoms with van der Waals surface area (Å²) in [5.74, 6) is 0.569. The third kappa shape index (κ3) is 2.59. The predicted octanol–water partition coefficient (Wildman–Crippen LogP) is 2.42. The van der Waals surface area contributed by atoms with Crippen LogP contribution in [0, 0.1) is 5.92 Å². The highest BCUT2D eigenvalue weighted by Crippen LogP contribution is 2.27. The molecule has 3 heteroatoms. The first-order valence-electron chi connectivity index (χ1n) is 5.91. The summed E-state index contributed by atoms with van der Waals surface area (Å²) < 4.78 is 1.87. The Kier molecular flexibility index (Phi) is 4.33. The van der Waals surface area contributed by atoms with Crippen LogP contribution in [0.1, 0.15) is 50.9 Å². The molecule has 0 bridgehead atoms. The van der Waals surface area contributed by atoms with Crippen LogP contribution in [0.2, 0.25) is 0 Å². The molecule has 0 amide bonds. The van der Waals surface area contributed by atoms with Gasteiger partial charge >= 0.3 is 0 Å². The fraction of sp³-hybridized carbons (Fsp3) is 0.750. The third-order valence-corrected chi connectivity index (χ3v) is 3.19. The van der Waals surface area contributed by atoms with Crippen LogP contribution in [-0.4, -0.2) is 9.78 Å². The van der Waals surface area contributed by atoms with Crippen molar-refractivity contribution in [1.82, 2.24) is 9.78 Å². The summed E-state index contributed by atoms with van der Waals surface area (Å²) in [6.45, 7) is 6.54. The maximum Gasteiger partial charge on any atom is 0.0669 e. The van der Waals surface area contributed by atoms with E-state index < -0.39 is 0 Å². The van der Waals surface area contributed by atoms with Crippen LogP contribution in [0.5, 0.6) is 0 Å². The van der Waals surface area contributed by atoms with E-state index in [9.17, 15) is 0 Å². The maximum atomic E-state index is 6.30. The summed E-state index contributed by atoms with van der Waals surface area (Å²) in [5, 5.41) is 4.44. The Labute approximate surface area is 92.7 Å². The summed E-state index contributed by atoms with van der Waals surface area (Å²) in [7, 11) is 1.96. The van der Waals surface area contributed by atoms with E-state index in [0.29, 0.717) is 5.92 Å². The van der Waals surface area contributed by atoms with Gasteiger partial charge in [-0.1, -0.05) is 33.6 Å². The van der Waals surface area contributed by atoms with Crippen molar-refractivity contribution in [1.29, 1.82) is 0 Å². The molecule has 2 N–H and O–H groups in total. The molecule has 0 aliphatic carbocycles. The third-order valence-electron chi connectivity index (χ3n) is 3.19. The molecule has 1 heterocycles. The van der Waals surface area contributed by atoms with Gasteiger partial charge in [-0.3, -0.25) is 4.68 Å². The van der Waals surface area contributed by atoms with E-state index >= 15 is 0 Å². The van der Waals surface area contributed by atoms with Crippen LogP contribution in [0.3, 0.4) is 0 Å². The summed E-state index contributed by atoms with van der Waals surface area (Å²) in [4.78, 5) is 0. The summed E-state index contributed by atoms with van der Waals surface area (Å²) in [5.41, 5.74) is 8.68. The van der Waals surface area contributed by atoms with Crippen molar-refractivity contribution in [3.63, 3.8) is 0 Å². The van der Waals surface area contributed by atoms with Gasteiger partial charge in [0.2, 0.25) is 0 Å². The van der Waals surface area contributed by atoms with E-state index in [0.717, 1.165) is 25.0 Å². The van der Waals surface area contributed by atoms with Crippen LogP contribution in [0.4, 0.5) is 0 Å². The second-order valence-electron chi connectivity index (χ2n) is 4.16. The van der Waals surface area contributed by atoms with E-state index in [1.807, 2.05) is 11.7 Å². The minimum atomic E-state index is 0.142. The molecule has 86 valence electrons. The maximum absolute atomic E-state index is 6.30. The molecule has 0 aliphatic heterocycles. The van der Waals surface area contributed by atoms with E-state index in [2.05, 4.69) is 32.1 Å². The molecule has 1 aromatic heterocycles. The molecule has 0 saturated heterocycles. The monoisotopic (exact) mass is 209 g/mol. The lowest BCUT2D eigenvalue weighted by Gasteiger charge is -2.20. The molecule has 1 aromatic rings. The Hall–Kier alpha value is -0.830. The van der Waals surface area contributed by atoms with Gasteiger partial charge in [0.05, 0.1) is 5.69 Å². The fourth-order valence-corrected chi connectivity index (χ4v) is 2.16. The lowest BCUT2D eigenvalue weighted by molar-refractivity contribution is 0.403. The van der Waals surface area contributed by atoms with Gasteiger partial charge in [-0.2, -0.15) is 5.10 Å². The highest BCUT2D eigenvalue weighted by atomic mass is 15.3. The van der Waals surface area contributed by atoms with Gasteiger partial charge in [0, 0.05) is 24.8 Å². The standard InChI is InChI=1S/C12H23N3/c1-5-9(6-2)12(13)10-8-15(4)14-11(10)7-3/h8-9,12H,5-7,13H2,1-4H3. The van der Waals surface area contributed by atoms with E-state index in [-0.39, 0.29) is 6.04 Å². The van der Waals surface area contributed by atoms with Crippen LogP contribution in [0.25, 0.3) is 0 Å². The van der Waals surface area contributed by atoms with Crippen molar-refractivity contribution in [3.8, 4) is 0 Å². The normalized spacial score (nSPS) is 13.5. The molecule has 0 saturated carbocycles. The van der Waals surface area contributed by atoms with Crippen molar-refractivity contribution < 1.29 is 0 Å². The number of hydrogen-bond acceptors (Lipinski definition) is 2. The van der Waals surface area contributed by atoms with Crippen molar-refractivity contribution in [2.24, 2.45) is 18.7 Å². The fourth-order valence-electron chi connectivity index (χ4n) is 2.16. The Balaban J connectivity index is 2.93. The second kappa shape index (κ2) is 5.31. The Morgan fingerprint density at radius 2 is 1.93 bits per heavy atom. The zero-order valence-electron chi connectivity index (χ0n) is 10.3. The minimum absolute atomic E-state index is 0.142. The van der Waals surface area contributed by atoms with Gasteiger partial charge in [0.1, 0.15) is 0 Å². The zero-order chi connectivity index (χ0) is 11.4. The van der Waals surface area contributed by atoms with Gasteiger partial charge < -0.3 is 5.73 Å². The van der Waals surface area contributed by atoms with Gasteiger partial charge in [0.15, 0.2) is 0 Å². The van der Waals surface area contributed by atoms with Crippen molar-refractivity contribution in [2.45, 2.75) is 46.1 Å². The Bertz CT molecular complexity index is 300. The molecule has 1 unspecified atom stereocenters. The van der Waals surface area contributed by atoms with Crippen molar-refractivity contribution in [3.05, 3.63) is 17.5 Å². The minimum Gasteiger partial charge on any atom is -0.324 e. The smallest absolute Gasteiger partial charge is 0.0669 e. The molecular weight excluding hydrogens is 186 g/mol. The van der Waals surface area contributed by atoms with Gasteiger partial charge in [-0.05, 0) is 12.3 Å². The molecule has 0 fully saturated rings. The van der Waals surface area contributed by atoms with E-state index in [4.69, 9.17) is 5.73 Å². The first-order chi connectivity index (χ1) is 7.13. The Morgan fingerprint density at radius 3 is 2.40 bits per heavy atom. The van der Waals surface area contributed by atoms with Crippen LogP contribution in [-0.2, 0) is 13.5 Å². The number of aryl methyl sites for hydroxylation is 2. The summed E-state index contributed by atoms with van der Waals surface area (Å²) >= 11 is 0. The van der Waals surface area contributed by atoms with Gasteiger partial charge in [0.25, 0.3) is 0 Å². The quantitative estimate of drug-likeness (QED) is 0.809. The van der Waals surface area contributed by atoms with E-state index in [1.165, 1.54) is 5.56 Å². The number of nitrogens with zero attached hydrogens (tertiary/aromatic N) is 2. The predicted molar refractivity (Wildman–Crippen MR) is 63.6 cm³/mol. The topological polar surface area (TPSA) is 43.8 Å². The first kappa shape index (κ1) is 12.2. The first-order valence-corrected chi connectivity index (χ1v) is 5.91. The average Bonchev–Trinajstić information content (AvgIpc) is 2.61. The molecule has 15 heavy (non-hydrogen) atoms. The highest BCUT2D eigenvalue weighted by Gasteiger charge is 2.20. The molecular formula is C12H23N3. The summed E-state index contributed by atoms with van der Waals surface area (Å²) in [6.07, 6.45) is 5.30. The van der Waals surface area contributed by atoms with Crippen molar-refractivity contribution in [2.75, 3.05) is 0 Å². The molecule has 1 rings (SSSR count). The number of aromatic nitrogens is 2. The molecule has 0 aromatic carbocycles. The highest BCUT2D eigenvalue weighted by molar-refractivity contribution is 5.21. The van der Waals surface area contributed by atoms with Crippen molar-refractivity contribution >= 4 is 0 Å². The molecule has 1 atom stereocenters. The van der Waals surface area contributed by atoms with Crippen LogP contribution in [0.15, 0.2) is 6.20 Å². The molecule has 0 radical (unpaired) electrons. The molecule has 0 spiro atoms. The Morgan fingerprint density at radius 1 is 1.33 bits per heavy atom. The van der Waals surface area contributed by atoms with Gasteiger partial charge in [-0.25, -0.2) is 0 Å². The number of rotatable bonds is 5. The number of nitrogens with two attached hydrogens (primary N) is 1. The second-order valence-corrected chi connectivity index (χ2v) is 4.16. The number of hydrogen-bond donors (Lipinski definition) is 1. The zero-order valence-corrected chi connectivity index (χ0v) is 10.3. The van der Waals surface area contributed by atoms with Crippen LogP contribution < -0.4 is 5.73 Å². The summed E-state index contributed by atoms with van der Waals surface area (Å²) in [6, 6.07) is 0.142. The SMILES string of the molecule is CCc1nn(C)cc1C(N)C(CC)CC.